The molecule has 2 aliphatic heterocycles. The van der Waals surface area contributed by atoms with Gasteiger partial charge in [0, 0.05) is 25.7 Å². The van der Waals surface area contributed by atoms with Crippen LogP contribution in [0.25, 0.3) is 0 Å². The number of amides is 1. The Hall–Kier alpha value is -0.830. The molecule has 2 aliphatic rings. The maximum absolute atomic E-state index is 11.3. The zero-order chi connectivity index (χ0) is 8.55. The number of likely N-dealkylation sites (tertiary alicyclic amines) is 1. The molecule has 0 aromatic rings. The molecule has 2 rings (SSSR count). The fourth-order valence-electron chi connectivity index (χ4n) is 2.24. The first-order chi connectivity index (χ1) is 5.83. The van der Waals surface area contributed by atoms with Crippen molar-refractivity contribution in [1.29, 1.82) is 0 Å². The van der Waals surface area contributed by atoms with E-state index in [1.54, 1.807) is 0 Å². The number of carbonyl (C=O) groups is 1. The molecular formula is C9H14N2O. The third-order valence-corrected chi connectivity index (χ3v) is 2.90. The van der Waals surface area contributed by atoms with Crippen molar-refractivity contribution in [3.05, 3.63) is 12.7 Å². The average molecular weight is 166 g/mol. The van der Waals surface area contributed by atoms with Gasteiger partial charge in [-0.1, -0.05) is 6.58 Å². The molecule has 1 N–H and O–H groups in total. The van der Waals surface area contributed by atoms with Crippen LogP contribution in [0.15, 0.2) is 12.7 Å². The van der Waals surface area contributed by atoms with E-state index in [0.717, 1.165) is 26.1 Å². The summed E-state index contributed by atoms with van der Waals surface area (Å²) < 4.78 is 0. The fraction of sp³-hybridized carbons (Fsp3) is 0.667. The Morgan fingerprint density at radius 3 is 3.17 bits per heavy atom. The summed E-state index contributed by atoms with van der Waals surface area (Å²) in [6, 6.07) is 0.440. The predicted octanol–water partition coefficient (Wildman–Crippen LogP) is -0.00730. The van der Waals surface area contributed by atoms with E-state index in [9.17, 15) is 4.79 Å². The molecule has 3 heteroatoms. The summed E-state index contributed by atoms with van der Waals surface area (Å²) in [6.07, 6.45) is 2.57. The lowest BCUT2D eigenvalue weighted by Gasteiger charge is -2.21. The largest absolute Gasteiger partial charge is 0.335 e. The van der Waals surface area contributed by atoms with Crippen LogP contribution in [-0.2, 0) is 4.79 Å². The van der Waals surface area contributed by atoms with Gasteiger partial charge in [0.25, 0.3) is 0 Å². The van der Waals surface area contributed by atoms with Gasteiger partial charge in [-0.15, -0.1) is 0 Å². The van der Waals surface area contributed by atoms with Gasteiger partial charge in [-0.3, -0.25) is 4.79 Å². The van der Waals surface area contributed by atoms with Crippen molar-refractivity contribution in [3.8, 4) is 0 Å². The van der Waals surface area contributed by atoms with Crippen molar-refractivity contribution in [1.82, 2.24) is 10.2 Å². The molecule has 0 spiro atoms. The molecular weight excluding hydrogens is 152 g/mol. The number of nitrogens with zero attached hydrogens (tertiary/aromatic N) is 1. The average Bonchev–Trinajstić information content (AvgIpc) is 2.62. The Bertz CT molecular complexity index is 215. The lowest BCUT2D eigenvalue weighted by Crippen LogP contribution is -2.37. The molecule has 0 bridgehead atoms. The zero-order valence-corrected chi connectivity index (χ0v) is 7.12. The topological polar surface area (TPSA) is 32.3 Å². The molecule has 66 valence electrons. The number of fused-ring (bicyclic) bond motifs is 1. The summed E-state index contributed by atoms with van der Waals surface area (Å²) >= 11 is 0. The summed E-state index contributed by atoms with van der Waals surface area (Å²) in [7, 11) is 0. The lowest BCUT2D eigenvalue weighted by atomic mass is 10.1. The Morgan fingerprint density at radius 2 is 2.42 bits per heavy atom. The molecule has 3 nitrogen and oxygen atoms in total. The fourth-order valence-corrected chi connectivity index (χ4v) is 2.24. The molecule has 0 radical (unpaired) electrons. The Kier molecular flexibility index (Phi) is 1.89. The van der Waals surface area contributed by atoms with Crippen molar-refractivity contribution in [3.63, 3.8) is 0 Å². The maximum Gasteiger partial charge on any atom is 0.246 e. The van der Waals surface area contributed by atoms with E-state index in [2.05, 4.69) is 11.9 Å². The second kappa shape index (κ2) is 2.90. The molecule has 2 saturated heterocycles. The van der Waals surface area contributed by atoms with Crippen molar-refractivity contribution in [2.24, 2.45) is 5.92 Å². The Labute approximate surface area is 72.4 Å². The third kappa shape index (κ3) is 1.05. The van der Waals surface area contributed by atoms with Crippen LogP contribution >= 0.6 is 0 Å². The molecule has 0 aliphatic carbocycles. The van der Waals surface area contributed by atoms with E-state index in [1.807, 2.05) is 4.90 Å². The second-order valence-corrected chi connectivity index (χ2v) is 3.51. The third-order valence-electron chi connectivity index (χ3n) is 2.90. The molecule has 2 fully saturated rings. The Balaban J connectivity index is 2.08. The quantitative estimate of drug-likeness (QED) is 0.556. The first-order valence-electron chi connectivity index (χ1n) is 4.46. The van der Waals surface area contributed by atoms with Crippen molar-refractivity contribution in [2.45, 2.75) is 12.5 Å². The molecule has 2 atom stereocenters. The standard InChI is InChI=1S/C9H14N2O/c1-2-9(12)11-4-3-7-5-10-6-8(7)11/h2,7-8,10H,1,3-6H2. The highest BCUT2D eigenvalue weighted by Gasteiger charge is 2.38. The van der Waals surface area contributed by atoms with Crippen molar-refractivity contribution in [2.75, 3.05) is 19.6 Å². The molecule has 0 aromatic heterocycles. The van der Waals surface area contributed by atoms with E-state index in [4.69, 9.17) is 0 Å². The molecule has 0 aromatic carbocycles. The smallest absolute Gasteiger partial charge is 0.246 e. The molecule has 2 heterocycles. The van der Waals surface area contributed by atoms with Gasteiger partial charge in [0.2, 0.25) is 5.91 Å². The number of nitrogens with one attached hydrogen (secondary N) is 1. The van der Waals surface area contributed by atoms with Crippen LogP contribution in [0, 0.1) is 5.92 Å². The van der Waals surface area contributed by atoms with Gasteiger partial charge in [0.1, 0.15) is 0 Å². The Morgan fingerprint density at radius 1 is 1.58 bits per heavy atom. The highest BCUT2D eigenvalue weighted by molar-refractivity contribution is 5.87. The van der Waals surface area contributed by atoms with Gasteiger partial charge in [0.15, 0.2) is 0 Å². The number of hydrogen-bond acceptors (Lipinski definition) is 2. The summed E-state index contributed by atoms with van der Waals surface area (Å²) in [5, 5.41) is 3.31. The minimum Gasteiger partial charge on any atom is -0.335 e. The highest BCUT2D eigenvalue weighted by atomic mass is 16.2. The number of hydrogen-bond donors (Lipinski definition) is 1. The van der Waals surface area contributed by atoms with Crippen LogP contribution in [0.3, 0.4) is 0 Å². The van der Waals surface area contributed by atoms with Crippen LogP contribution < -0.4 is 5.32 Å². The van der Waals surface area contributed by atoms with Gasteiger partial charge >= 0.3 is 0 Å². The molecule has 2 unspecified atom stereocenters. The molecule has 1 amide bonds. The van der Waals surface area contributed by atoms with Crippen molar-refractivity contribution >= 4 is 5.91 Å². The van der Waals surface area contributed by atoms with Gasteiger partial charge < -0.3 is 10.2 Å². The predicted molar refractivity (Wildman–Crippen MR) is 46.7 cm³/mol. The van der Waals surface area contributed by atoms with Gasteiger partial charge in [-0.25, -0.2) is 0 Å². The zero-order valence-electron chi connectivity index (χ0n) is 7.12. The van der Waals surface area contributed by atoms with Crippen LogP contribution in [0.1, 0.15) is 6.42 Å². The summed E-state index contributed by atoms with van der Waals surface area (Å²) in [5.74, 6) is 0.778. The van der Waals surface area contributed by atoms with Gasteiger partial charge in [0.05, 0.1) is 0 Å². The minimum atomic E-state index is 0.0891. The first kappa shape index (κ1) is 7.80. The van der Waals surface area contributed by atoms with E-state index in [0.29, 0.717) is 12.0 Å². The summed E-state index contributed by atoms with van der Waals surface area (Å²) in [5.41, 5.74) is 0. The van der Waals surface area contributed by atoms with Gasteiger partial charge in [-0.2, -0.15) is 0 Å². The SMILES string of the molecule is C=CC(=O)N1CCC2CNCC21. The summed E-state index contributed by atoms with van der Waals surface area (Å²) in [6.45, 7) is 6.46. The van der Waals surface area contributed by atoms with E-state index < -0.39 is 0 Å². The lowest BCUT2D eigenvalue weighted by molar-refractivity contribution is -0.126. The minimum absolute atomic E-state index is 0.0891. The maximum atomic E-state index is 11.3. The molecule has 0 saturated carbocycles. The number of carbonyl (C=O) groups excluding carboxylic acids is 1. The highest BCUT2D eigenvalue weighted by Crippen LogP contribution is 2.26. The second-order valence-electron chi connectivity index (χ2n) is 3.51. The van der Waals surface area contributed by atoms with Crippen LogP contribution in [0.5, 0.6) is 0 Å². The van der Waals surface area contributed by atoms with Gasteiger partial charge in [-0.05, 0) is 18.4 Å². The monoisotopic (exact) mass is 166 g/mol. The van der Waals surface area contributed by atoms with Crippen LogP contribution in [0.2, 0.25) is 0 Å². The van der Waals surface area contributed by atoms with Crippen molar-refractivity contribution < 1.29 is 4.79 Å². The van der Waals surface area contributed by atoms with Crippen LogP contribution in [-0.4, -0.2) is 36.5 Å². The molecule has 12 heavy (non-hydrogen) atoms. The van der Waals surface area contributed by atoms with Crippen LogP contribution in [0.4, 0.5) is 0 Å². The number of rotatable bonds is 1. The van der Waals surface area contributed by atoms with E-state index in [-0.39, 0.29) is 5.91 Å². The first-order valence-corrected chi connectivity index (χ1v) is 4.46. The van der Waals surface area contributed by atoms with E-state index >= 15 is 0 Å². The summed E-state index contributed by atoms with van der Waals surface area (Å²) in [4.78, 5) is 13.3. The van der Waals surface area contributed by atoms with E-state index in [1.165, 1.54) is 6.08 Å². The normalized spacial score (nSPS) is 33.5.